The van der Waals surface area contributed by atoms with Gasteiger partial charge in [0.15, 0.2) is 12.4 Å². The number of nitrogens with zero attached hydrogens (tertiary/aromatic N) is 3. The maximum absolute atomic E-state index is 11.7. The second kappa shape index (κ2) is 8.76. The molecule has 1 amide bonds. The number of aromatic nitrogens is 3. The Bertz CT molecular complexity index is 532. The van der Waals surface area contributed by atoms with Crippen LogP contribution in [-0.4, -0.2) is 16.1 Å². The monoisotopic (exact) mass is 356 g/mol. The first-order chi connectivity index (χ1) is 9.24. The van der Waals surface area contributed by atoms with Crippen LogP contribution in [0, 0.1) is 6.92 Å². The molecule has 0 saturated heterocycles. The van der Waals surface area contributed by atoms with E-state index in [1.807, 2.05) is 37.5 Å². The summed E-state index contributed by atoms with van der Waals surface area (Å²) >= 11 is 1.39. The van der Waals surface area contributed by atoms with Crippen molar-refractivity contribution in [1.82, 2.24) is 10.2 Å². The number of anilines is 1. The molecule has 2 aromatic heterocycles. The number of pyridine rings is 1. The number of nitrogens with one attached hydrogen (secondary N) is 1. The van der Waals surface area contributed by atoms with Gasteiger partial charge in [0.25, 0.3) is 0 Å². The van der Waals surface area contributed by atoms with Gasteiger partial charge >= 0.3 is 0 Å². The molecule has 0 saturated carbocycles. The molecule has 0 atom stereocenters. The minimum atomic E-state index is 0. The van der Waals surface area contributed by atoms with Crippen molar-refractivity contribution in [2.24, 2.45) is 0 Å². The van der Waals surface area contributed by atoms with Gasteiger partial charge in [-0.3, -0.25) is 4.79 Å². The third-order valence-corrected chi connectivity index (χ3v) is 3.37. The number of carbonyl (C=O) groups excluding carboxylic acids is 1. The molecule has 1 N–H and O–H groups in total. The average Bonchev–Trinajstić information content (AvgIpc) is 2.81. The minimum absolute atomic E-state index is 0. The van der Waals surface area contributed by atoms with E-state index >= 15 is 0 Å². The highest BCUT2D eigenvalue weighted by Gasteiger charge is 2.06. The zero-order valence-electron chi connectivity index (χ0n) is 11.3. The van der Waals surface area contributed by atoms with Crippen LogP contribution in [0.2, 0.25) is 0 Å². The van der Waals surface area contributed by atoms with Crippen molar-refractivity contribution >= 4 is 22.4 Å². The first kappa shape index (κ1) is 16.7. The summed E-state index contributed by atoms with van der Waals surface area (Å²) < 4.78 is 2.12. The summed E-state index contributed by atoms with van der Waals surface area (Å²) in [6, 6.07) is 6.00. The van der Waals surface area contributed by atoms with Gasteiger partial charge in [-0.25, -0.2) is 4.57 Å². The molecule has 2 rings (SSSR count). The standard InChI is InChI=1S/C13H16N4OS.BrH/c1-11-15-16-13(19-11)14-12(18)7-3-6-10-17-8-4-2-5-9-17;/h2,4-5,8-9H,3,6-7,10H2,1H3;1H. The number of aryl methyl sites for hydroxylation is 2. The number of hydrogen-bond donors (Lipinski definition) is 1. The summed E-state index contributed by atoms with van der Waals surface area (Å²) in [7, 11) is 0. The highest BCUT2D eigenvalue weighted by Crippen LogP contribution is 2.14. The number of hydrogen-bond acceptors (Lipinski definition) is 4. The molecule has 2 heterocycles. The van der Waals surface area contributed by atoms with Crippen molar-refractivity contribution in [3.63, 3.8) is 0 Å². The number of amides is 1. The van der Waals surface area contributed by atoms with Crippen LogP contribution in [0.25, 0.3) is 0 Å². The molecule has 0 unspecified atom stereocenters. The molecule has 0 bridgehead atoms. The predicted molar refractivity (Wildman–Crippen MR) is 73.8 cm³/mol. The van der Waals surface area contributed by atoms with E-state index in [-0.39, 0.29) is 22.9 Å². The van der Waals surface area contributed by atoms with Gasteiger partial charge in [-0.15, -0.1) is 10.2 Å². The summed E-state index contributed by atoms with van der Waals surface area (Å²) in [4.78, 5) is 11.7. The van der Waals surface area contributed by atoms with E-state index in [9.17, 15) is 4.79 Å². The number of rotatable bonds is 6. The Morgan fingerprint density at radius 3 is 2.65 bits per heavy atom. The van der Waals surface area contributed by atoms with Gasteiger partial charge < -0.3 is 22.3 Å². The van der Waals surface area contributed by atoms with E-state index in [1.165, 1.54) is 11.3 Å². The van der Waals surface area contributed by atoms with Gasteiger partial charge in [-0.2, -0.15) is 0 Å². The molecule has 0 aromatic carbocycles. The smallest absolute Gasteiger partial charge is 0.226 e. The van der Waals surface area contributed by atoms with Gasteiger partial charge in [0, 0.05) is 25.0 Å². The van der Waals surface area contributed by atoms with Crippen molar-refractivity contribution in [2.45, 2.75) is 32.7 Å². The molecule has 0 aliphatic rings. The average molecular weight is 357 g/mol. The number of carbonyl (C=O) groups is 1. The molecule has 0 aliphatic carbocycles. The molecule has 0 radical (unpaired) electrons. The Kier molecular flexibility index (Phi) is 7.32. The lowest BCUT2D eigenvalue weighted by atomic mass is 10.2. The van der Waals surface area contributed by atoms with Gasteiger partial charge in [-0.1, -0.05) is 17.4 Å². The fourth-order valence-electron chi connectivity index (χ4n) is 1.69. The van der Waals surface area contributed by atoms with Gasteiger partial charge in [0.1, 0.15) is 11.6 Å². The number of halogens is 1. The van der Waals surface area contributed by atoms with Crippen LogP contribution in [0.4, 0.5) is 5.13 Å². The molecule has 2 aromatic rings. The molecule has 7 heteroatoms. The van der Waals surface area contributed by atoms with E-state index in [4.69, 9.17) is 0 Å². The topological polar surface area (TPSA) is 58.8 Å². The lowest BCUT2D eigenvalue weighted by Crippen LogP contribution is -3.00. The van der Waals surface area contributed by atoms with Gasteiger partial charge in [0.2, 0.25) is 11.0 Å². The Balaban J connectivity index is 0.00000200. The second-order valence-electron chi connectivity index (χ2n) is 4.24. The van der Waals surface area contributed by atoms with E-state index in [0.717, 1.165) is 24.4 Å². The summed E-state index contributed by atoms with van der Waals surface area (Å²) in [5.74, 6) is 0.00853. The Hall–Kier alpha value is -1.34. The fraction of sp³-hybridized carbons (Fsp3) is 0.385. The molecular formula is C13H17BrN4OS. The normalized spacial score (nSPS) is 9.85. The van der Waals surface area contributed by atoms with Crippen LogP contribution >= 0.6 is 11.3 Å². The van der Waals surface area contributed by atoms with Crippen LogP contribution < -0.4 is 26.9 Å². The van der Waals surface area contributed by atoms with Crippen LogP contribution in [0.3, 0.4) is 0 Å². The maximum atomic E-state index is 11.7. The van der Waals surface area contributed by atoms with E-state index < -0.39 is 0 Å². The second-order valence-corrected chi connectivity index (χ2v) is 5.43. The zero-order valence-corrected chi connectivity index (χ0v) is 13.7. The Morgan fingerprint density at radius 1 is 1.25 bits per heavy atom. The molecule has 108 valence electrons. The Morgan fingerprint density at radius 2 is 2.00 bits per heavy atom. The minimum Gasteiger partial charge on any atom is -1.00 e. The van der Waals surface area contributed by atoms with Crippen molar-refractivity contribution in [1.29, 1.82) is 0 Å². The highest BCUT2D eigenvalue weighted by molar-refractivity contribution is 7.15. The molecule has 0 aliphatic heterocycles. The quantitative estimate of drug-likeness (QED) is 0.530. The number of unbranched alkanes of at least 4 members (excludes halogenated alkanes) is 1. The molecule has 20 heavy (non-hydrogen) atoms. The third-order valence-electron chi connectivity index (χ3n) is 2.62. The van der Waals surface area contributed by atoms with Crippen molar-refractivity contribution < 1.29 is 26.3 Å². The van der Waals surface area contributed by atoms with Gasteiger partial charge in [0.05, 0.1) is 0 Å². The predicted octanol–water partition coefficient (Wildman–Crippen LogP) is -1.05. The molecule has 0 fully saturated rings. The van der Waals surface area contributed by atoms with Crippen LogP contribution in [0.5, 0.6) is 0 Å². The van der Waals surface area contributed by atoms with Crippen LogP contribution in [0.1, 0.15) is 24.3 Å². The molecular weight excluding hydrogens is 340 g/mol. The van der Waals surface area contributed by atoms with Crippen LogP contribution in [-0.2, 0) is 11.3 Å². The van der Waals surface area contributed by atoms with E-state index in [0.29, 0.717) is 11.6 Å². The largest absolute Gasteiger partial charge is 1.00 e. The fourth-order valence-corrected chi connectivity index (χ4v) is 2.30. The lowest BCUT2D eigenvalue weighted by Gasteiger charge is -2.00. The third kappa shape index (κ3) is 5.75. The lowest BCUT2D eigenvalue weighted by molar-refractivity contribution is -0.697. The first-order valence-corrected chi connectivity index (χ1v) is 7.10. The van der Waals surface area contributed by atoms with Crippen molar-refractivity contribution in [3.05, 3.63) is 35.6 Å². The zero-order chi connectivity index (χ0) is 13.5. The van der Waals surface area contributed by atoms with E-state index in [1.54, 1.807) is 0 Å². The summed E-state index contributed by atoms with van der Waals surface area (Å²) in [5, 5.41) is 11.9. The molecule has 0 spiro atoms. The SMILES string of the molecule is Cc1nnc(NC(=O)CCCC[n+]2ccccc2)s1.[Br-]. The summed E-state index contributed by atoms with van der Waals surface area (Å²) in [6.45, 7) is 2.80. The van der Waals surface area contributed by atoms with Gasteiger partial charge in [-0.05, 0) is 13.3 Å². The Labute approximate surface area is 132 Å². The first-order valence-electron chi connectivity index (χ1n) is 6.28. The van der Waals surface area contributed by atoms with Crippen LogP contribution in [0.15, 0.2) is 30.6 Å². The summed E-state index contributed by atoms with van der Waals surface area (Å²) in [5.41, 5.74) is 0. The highest BCUT2D eigenvalue weighted by atomic mass is 79.9. The van der Waals surface area contributed by atoms with Crippen molar-refractivity contribution in [2.75, 3.05) is 5.32 Å². The maximum Gasteiger partial charge on any atom is 0.226 e. The molecule has 5 nitrogen and oxygen atoms in total. The van der Waals surface area contributed by atoms with Crippen molar-refractivity contribution in [3.8, 4) is 0 Å². The van der Waals surface area contributed by atoms with E-state index in [2.05, 4.69) is 20.1 Å². The summed E-state index contributed by atoms with van der Waals surface area (Å²) in [6.07, 6.45) is 6.43.